The first-order valence-corrected chi connectivity index (χ1v) is 5.40. The fraction of sp³-hybridized carbons (Fsp3) is 0.714. The number of hydrogen-bond donors (Lipinski definition) is 0. The minimum absolute atomic E-state index is 0.563. The molecule has 12 heavy (non-hydrogen) atoms. The second kappa shape index (κ2) is 4.79. The SMILES string of the molecule is COCc1nnc(SC(C)C)s1. The molecule has 1 rings (SSSR count). The minimum atomic E-state index is 0.563. The summed E-state index contributed by atoms with van der Waals surface area (Å²) in [5, 5.41) is 9.52. The van der Waals surface area contributed by atoms with Crippen molar-refractivity contribution in [1.29, 1.82) is 0 Å². The molecule has 0 spiro atoms. The summed E-state index contributed by atoms with van der Waals surface area (Å²) in [5.41, 5.74) is 0. The Balaban J connectivity index is 2.52. The Morgan fingerprint density at radius 1 is 1.50 bits per heavy atom. The number of aromatic nitrogens is 2. The lowest BCUT2D eigenvalue weighted by Crippen LogP contribution is -1.85. The van der Waals surface area contributed by atoms with Crippen molar-refractivity contribution in [1.82, 2.24) is 10.2 Å². The Morgan fingerprint density at radius 2 is 2.25 bits per heavy atom. The Morgan fingerprint density at radius 3 is 2.83 bits per heavy atom. The zero-order valence-electron chi connectivity index (χ0n) is 7.40. The molecular formula is C7H12N2OS2. The molecular weight excluding hydrogens is 192 g/mol. The highest BCUT2D eigenvalue weighted by Crippen LogP contribution is 2.26. The van der Waals surface area contributed by atoms with Crippen LogP contribution in [0.25, 0.3) is 0 Å². The Bertz CT molecular complexity index is 237. The number of rotatable bonds is 4. The van der Waals surface area contributed by atoms with Gasteiger partial charge >= 0.3 is 0 Å². The molecule has 0 aromatic carbocycles. The van der Waals surface area contributed by atoms with Gasteiger partial charge in [0.1, 0.15) is 5.01 Å². The van der Waals surface area contributed by atoms with Crippen LogP contribution in [0.5, 0.6) is 0 Å². The van der Waals surface area contributed by atoms with Crippen LogP contribution in [0.2, 0.25) is 0 Å². The maximum Gasteiger partial charge on any atom is 0.174 e. The van der Waals surface area contributed by atoms with Crippen LogP contribution in [0.15, 0.2) is 4.34 Å². The van der Waals surface area contributed by atoms with Gasteiger partial charge in [-0.2, -0.15) is 0 Å². The quantitative estimate of drug-likeness (QED) is 0.704. The number of thioether (sulfide) groups is 1. The van der Waals surface area contributed by atoms with Crippen molar-refractivity contribution in [3.63, 3.8) is 0 Å². The third-order valence-corrected chi connectivity index (χ3v) is 3.04. The van der Waals surface area contributed by atoms with E-state index in [1.165, 1.54) is 0 Å². The van der Waals surface area contributed by atoms with Gasteiger partial charge in [0.25, 0.3) is 0 Å². The standard InChI is InChI=1S/C7H12N2OS2/c1-5(2)11-7-9-8-6(12-7)4-10-3/h5H,4H2,1-3H3. The van der Waals surface area contributed by atoms with E-state index in [0.717, 1.165) is 9.35 Å². The first kappa shape index (κ1) is 9.95. The van der Waals surface area contributed by atoms with Crippen LogP contribution < -0.4 is 0 Å². The molecule has 0 radical (unpaired) electrons. The van der Waals surface area contributed by atoms with Crippen LogP contribution in [0.1, 0.15) is 18.9 Å². The summed E-state index contributed by atoms with van der Waals surface area (Å²) in [6.45, 7) is 4.85. The van der Waals surface area contributed by atoms with E-state index in [2.05, 4.69) is 24.0 Å². The number of ether oxygens (including phenoxy) is 1. The molecule has 0 aliphatic rings. The summed E-state index contributed by atoms with van der Waals surface area (Å²) >= 11 is 3.34. The van der Waals surface area contributed by atoms with E-state index in [1.807, 2.05) is 0 Å². The van der Waals surface area contributed by atoms with Crippen LogP contribution >= 0.6 is 23.1 Å². The van der Waals surface area contributed by atoms with E-state index in [4.69, 9.17) is 4.74 Å². The largest absolute Gasteiger partial charge is 0.377 e. The summed E-state index contributed by atoms with van der Waals surface area (Å²) in [6.07, 6.45) is 0. The first-order valence-electron chi connectivity index (χ1n) is 3.70. The normalized spacial score (nSPS) is 11.0. The van der Waals surface area contributed by atoms with Crippen molar-refractivity contribution in [3.05, 3.63) is 5.01 Å². The molecule has 3 nitrogen and oxygen atoms in total. The number of nitrogens with zero attached hydrogens (tertiary/aromatic N) is 2. The van der Waals surface area contributed by atoms with Gasteiger partial charge in [-0.3, -0.25) is 0 Å². The van der Waals surface area contributed by atoms with Crippen LogP contribution in [-0.2, 0) is 11.3 Å². The van der Waals surface area contributed by atoms with Gasteiger partial charge in [-0.25, -0.2) is 0 Å². The zero-order chi connectivity index (χ0) is 8.97. The minimum Gasteiger partial charge on any atom is -0.377 e. The molecule has 1 heterocycles. The fourth-order valence-electron chi connectivity index (χ4n) is 0.669. The average molecular weight is 204 g/mol. The smallest absolute Gasteiger partial charge is 0.174 e. The highest BCUT2D eigenvalue weighted by molar-refractivity contribution is 8.01. The van der Waals surface area contributed by atoms with Gasteiger partial charge in [0.15, 0.2) is 4.34 Å². The average Bonchev–Trinajstić information content (AvgIpc) is 2.36. The summed E-state index contributed by atoms with van der Waals surface area (Å²) in [7, 11) is 1.66. The highest BCUT2D eigenvalue weighted by atomic mass is 32.2. The Kier molecular flexibility index (Phi) is 3.97. The molecule has 0 fully saturated rings. The highest BCUT2D eigenvalue weighted by Gasteiger charge is 2.05. The van der Waals surface area contributed by atoms with Crippen LogP contribution in [0.4, 0.5) is 0 Å². The van der Waals surface area contributed by atoms with Crippen molar-refractivity contribution in [3.8, 4) is 0 Å². The van der Waals surface area contributed by atoms with Crippen molar-refractivity contribution in [2.24, 2.45) is 0 Å². The third-order valence-electron chi connectivity index (χ3n) is 1.05. The van der Waals surface area contributed by atoms with Crippen LogP contribution in [-0.4, -0.2) is 22.6 Å². The fourth-order valence-corrected chi connectivity index (χ4v) is 2.76. The molecule has 0 N–H and O–H groups in total. The van der Waals surface area contributed by atoms with E-state index in [-0.39, 0.29) is 0 Å². The van der Waals surface area contributed by atoms with Crippen molar-refractivity contribution >= 4 is 23.1 Å². The number of methoxy groups -OCH3 is 1. The Hall–Kier alpha value is -0.130. The monoisotopic (exact) mass is 204 g/mol. The lowest BCUT2D eigenvalue weighted by molar-refractivity contribution is 0.184. The summed E-state index contributed by atoms with van der Waals surface area (Å²) in [6, 6.07) is 0. The van der Waals surface area contributed by atoms with Gasteiger partial charge in [0.2, 0.25) is 0 Å². The van der Waals surface area contributed by atoms with E-state index >= 15 is 0 Å². The second-order valence-corrected chi connectivity index (χ2v) is 5.45. The maximum atomic E-state index is 4.94. The Labute approximate surface area is 80.5 Å². The molecule has 68 valence electrons. The van der Waals surface area contributed by atoms with Gasteiger partial charge in [0.05, 0.1) is 6.61 Å². The van der Waals surface area contributed by atoms with Gasteiger partial charge in [0, 0.05) is 12.4 Å². The second-order valence-electron chi connectivity index (χ2n) is 2.56. The van der Waals surface area contributed by atoms with E-state index in [0.29, 0.717) is 11.9 Å². The van der Waals surface area contributed by atoms with Crippen LogP contribution in [0.3, 0.4) is 0 Å². The molecule has 1 aromatic heterocycles. The molecule has 5 heteroatoms. The third kappa shape index (κ3) is 3.08. The maximum absolute atomic E-state index is 4.94. The molecule has 0 aliphatic carbocycles. The molecule has 0 saturated heterocycles. The van der Waals surface area contributed by atoms with Crippen molar-refractivity contribution in [2.45, 2.75) is 30.0 Å². The first-order chi connectivity index (χ1) is 5.72. The van der Waals surface area contributed by atoms with Crippen molar-refractivity contribution in [2.75, 3.05) is 7.11 Å². The van der Waals surface area contributed by atoms with E-state index in [9.17, 15) is 0 Å². The lowest BCUT2D eigenvalue weighted by Gasteiger charge is -1.96. The molecule has 0 saturated carbocycles. The van der Waals surface area contributed by atoms with Crippen LogP contribution in [0, 0.1) is 0 Å². The molecule has 0 amide bonds. The van der Waals surface area contributed by atoms with Crippen molar-refractivity contribution < 1.29 is 4.74 Å². The summed E-state index contributed by atoms with van der Waals surface area (Å²) < 4.78 is 5.97. The summed E-state index contributed by atoms with van der Waals surface area (Å²) in [4.78, 5) is 0. The lowest BCUT2D eigenvalue weighted by atomic mass is 10.6. The van der Waals surface area contributed by atoms with E-state index in [1.54, 1.807) is 30.2 Å². The molecule has 0 bridgehead atoms. The predicted molar refractivity (Wildman–Crippen MR) is 51.6 cm³/mol. The predicted octanol–water partition coefficient (Wildman–Crippen LogP) is 2.19. The zero-order valence-corrected chi connectivity index (χ0v) is 9.04. The van der Waals surface area contributed by atoms with Gasteiger partial charge in [-0.15, -0.1) is 10.2 Å². The van der Waals surface area contributed by atoms with Gasteiger partial charge < -0.3 is 4.74 Å². The molecule has 0 atom stereocenters. The topological polar surface area (TPSA) is 35.0 Å². The molecule has 0 aliphatic heterocycles. The van der Waals surface area contributed by atoms with Gasteiger partial charge in [-0.1, -0.05) is 36.9 Å². The molecule has 0 unspecified atom stereocenters. The summed E-state index contributed by atoms with van der Waals surface area (Å²) in [5.74, 6) is 0. The molecule has 1 aromatic rings. The number of hydrogen-bond acceptors (Lipinski definition) is 5. The van der Waals surface area contributed by atoms with Gasteiger partial charge in [-0.05, 0) is 0 Å². The van der Waals surface area contributed by atoms with E-state index < -0.39 is 0 Å².